The van der Waals surface area contributed by atoms with Crippen LogP contribution in [0.1, 0.15) is 24.5 Å². The van der Waals surface area contributed by atoms with Gasteiger partial charge in [-0.2, -0.15) is 0 Å². The number of hydrogen-bond acceptors (Lipinski definition) is 1. The minimum absolute atomic E-state index is 0.175. The quantitative estimate of drug-likeness (QED) is 0.760. The summed E-state index contributed by atoms with van der Waals surface area (Å²) in [5.74, 6) is -0.175. The van der Waals surface area contributed by atoms with Gasteiger partial charge in [-0.25, -0.2) is 4.39 Å². The van der Waals surface area contributed by atoms with Gasteiger partial charge in [0.05, 0.1) is 0 Å². The molecule has 0 aliphatic heterocycles. The molecule has 0 aromatic heterocycles. The summed E-state index contributed by atoms with van der Waals surface area (Å²) >= 11 is 3.51. The Labute approximate surface area is 134 Å². The minimum Gasteiger partial charge on any atom is -0.314 e. The maximum absolute atomic E-state index is 13.4. The Balaban J connectivity index is 2.00. The number of benzene rings is 2. The molecule has 2 rings (SSSR count). The van der Waals surface area contributed by atoms with Crippen molar-refractivity contribution in [3.8, 4) is 0 Å². The minimum atomic E-state index is -0.175. The van der Waals surface area contributed by atoms with Crippen LogP contribution in [0.5, 0.6) is 0 Å². The molecule has 0 saturated carbocycles. The third kappa shape index (κ3) is 5.25. The fourth-order valence-corrected chi connectivity index (χ4v) is 2.92. The Morgan fingerprint density at radius 2 is 1.90 bits per heavy atom. The molecular weight excluding hydrogens is 329 g/mol. The maximum Gasteiger partial charge on any atom is 0.123 e. The highest BCUT2D eigenvalue weighted by atomic mass is 79.9. The number of hydrogen-bond donors (Lipinski definition) is 1. The molecule has 0 amide bonds. The third-order valence-corrected chi connectivity index (χ3v) is 4.36. The Hall–Kier alpha value is -1.19. The zero-order chi connectivity index (χ0) is 15.1. The van der Waals surface area contributed by atoms with Crippen molar-refractivity contribution < 1.29 is 4.39 Å². The Morgan fingerprint density at radius 3 is 2.62 bits per heavy atom. The molecule has 0 radical (unpaired) electrons. The van der Waals surface area contributed by atoms with Crippen LogP contribution in [-0.2, 0) is 12.8 Å². The van der Waals surface area contributed by atoms with Crippen molar-refractivity contribution in [1.29, 1.82) is 0 Å². The van der Waals surface area contributed by atoms with Gasteiger partial charge < -0.3 is 5.32 Å². The van der Waals surface area contributed by atoms with Crippen molar-refractivity contribution in [3.05, 3.63) is 69.9 Å². The zero-order valence-corrected chi connectivity index (χ0v) is 13.9. The van der Waals surface area contributed by atoms with Gasteiger partial charge >= 0.3 is 0 Å². The van der Waals surface area contributed by atoms with E-state index < -0.39 is 0 Å². The van der Waals surface area contributed by atoms with Crippen LogP contribution in [0.3, 0.4) is 0 Å². The lowest BCUT2D eigenvalue weighted by Gasteiger charge is -2.19. The van der Waals surface area contributed by atoms with Gasteiger partial charge in [-0.1, -0.05) is 53.2 Å². The van der Waals surface area contributed by atoms with Crippen LogP contribution in [0.4, 0.5) is 4.39 Å². The van der Waals surface area contributed by atoms with Gasteiger partial charge in [0.25, 0.3) is 0 Å². The van der Waals surface area contributed by atoms with Crippen LogP contribution in [0, 0.1) is 5.82 Å². The highest BCUT2D eigenvalue weighted by molar-refractivity contribution is 9.10. The van der Waals surface area contributed by atoms with Gasteiger partial charge in [-0.05, 0) is 55.1 Å². The van der Waals surface area contributed by atoms with E-state index in [1.807, 2.05) is 6.07 Å². The van der Waals surface area contributed by atoms with Gasteiger partial charge in [0.2, 0.25) is 0 Å². The molecule has 1 unspecified atom stereocenters. The molecule has 3 heteroatoms. The fourth-order valence-electron chi connectivity index (χ4n) is 2.52. The summed E-state index contributed by atoms with van der Waals surface area (Å²) in [6.07, 6.45) is 2.91. The van der Waals surface area contributed by atoms with Crippen LogP contribution >= 0.6 is 15.9 Å². The molecule has 112 valence electrons. The zero-order valence-electron chi connectivity index (χ0n) is 12.3. The van der Waals surface area contributed by atoms with E-state index in [0.717, 1.165) is 35.8 Å². The van der Waals surface area contributed by atoms with E-state index in [-0.39, 0.29) is 5.82 Å². The normalized spacial score (nSPS) is 12.3. The van der Waals surface area contributed by atoms with E-state index in [4.69, 9.17) is 0 Å². The first kappa shape index (κ1) is 16.2. The second-order valence-corrected chi connectivity index (χ2v) is 6.07. The summed E-state index contributed by atoms with van der Waals surface area (Å²) < 4.78 is 14.4. The van der Waals surface area contributed by atoms with E-state index in [9.17, 15) is 4.39 Å². The van der Waals surface area contributed by atoms with E-state index in [1.165, 1.54) is 11.6 Å². The predicted octanol–water partition coefficient (Wildman–Crippen LogP) is 4.74. The van der Waals surface area contributed by atoms with E-state index in [2.05, 4.69) is 52.4 Å². The number of halogens is 2. The molecule has 0 fully saturated rings. The molecule has 1 nitrogen and oxygen atoms in total. The van der Waals surface area contributed by atoms with Gasteiger partial charge in [0, 0.05) is 10.5 Å². The number of aryl methyl sites for hydroxylation is 1. The molecular formula is C18H21BrFN. The van der Waals surface area contributed by atoms with Crippen molar-refractivity contribution in [1.82, 2.24) is 5.32 Å². The lowest BCUT2D eigenvalue weighted by molar-refractivity contribution is 0.489. The lowest BCUT2D eigenvalue weighted by Crippen LogP contribution is -2.31. The third-order valence-electron chi connectivity index (χ3n) is 3.59. The van der Waals surface area contributed by atoms with Gasteiger partial charge in [0.15, 0.2) is 0 Å². The number of rotatable bonds is 7. The molecule has 2 aromatic carbocycles. The maximum atomic E-state index is 13.4. The molecule has 0 aliphatic carbocycles. The summed E-state index contributed by atoms with van der Waals surface area (Å²) in [4.78, 5) is 0. The topological polar surface area (TPSA) is 12.0 Å². The predicted molar refractivity (Wildman–Crippen MR) is 90.0 cm³/mol. The number of likely N-dealkylation sites (N-methyl/N-ethyl adjacent to an activating group) is 1. The fraction of sp³-hybridized carbons (Fsp3) is 0.333. The van der Waals surface area contributed by atoms with Crippen LogP contribution in [0.15, 0.2) is 53.0 Å². The molecule has 1 N–H and O–H groups in total. The summed E-state index contributed by atoms with van der Waals surface area (Å²) in [6, 6.07) is 15.7. The summed E-state index contributed by atoms with van der Waals surface area (Å²) in [5.41, 5.74) is 2.37. The highest BCUT2D eigenvalue weighted by Gasteiger charge is 2.11. The molecule has 0 aliphatic rings. The SMILES string of the molecule is CCNC(CCc1ccccc1)Cc1cc(F)ccc1Br. The summed E-state index contributed by atoms with van der Waals surface area (Å²) in [6.45, 7) is 3.03. The van der Waals surface area contributed by atoms with Crippen LogP contribution in [0.2, 0.25) is 0 Å². The second-order valence-electron chi connectivity index (χ2n) is 5.22. The van der Waals surface area contributed by atoms with Gasteiger partial charge in [0.1, 0.15) is 5.82 Å². The standard InChI is InChI=1S/C18H21BrFN/c1-2-21-17(10-8-14-6-4-3-5-7-14)13-15-12-16(20)9-11-18(15)19/h3-7,9,11-12,17,21H,2,8,10,13H2,1H3. The highest BCUT2D eigenvalue weighted by Crippen LogP contribution is 2.20. The Morgan fingerprint density at radius 1 is 1.14 bits per heavy atom. The van der Waals surface area contributed by atoms with Crippen molar-refractivity contribution in [2.24, 2.45) is 0 Å². The lowest BCUT2D eigenvalue weighted by atomic mass is 9.99. The van der Waals surface area contributed by atoms with E-state index in [0.29, 0.717) is 6.04 Å². The van der Waals surface area contributed by atoms with Crippen LogP contribution in [0.25, 0.3) is 0 Å². The summed E-state index contributed by atoms with van der Waals surface area (Å²) in [7, 11) is 0. The van der Waals surface area contributed by atoms with Crippen molar-refractivity contribution in [2.75, 3.05) is 6.54 Å². The first-order valence-electron chi connectivity index (χ1n) is 7.40. The van der Waals surface area contributed by atoms with E-state index >= 15 is 0 Å². The van der Waals surface area contributed by atoms with Gasteiger partial charge in [-0.3, -0.25) is 0 Å². The van der Waals surface area contributed by atoms with Crippen molar-refractivity contribution >= 4 is 15.9 Å². The Kier molecular flexibility index (Phi) is 6.40. The smallest absolute Gasteiger partial charge is 0.123 e. The molecule has 1 atom stereocenters. The van der Waals surface area contributed by atoms with Crippen molar-refractivity contribution in [2.45, 2.75) is 32.2 Å². The molecule has 0 spiro atoms. The monoisotopic (exact) mass is 349 g/mol. The van der Waals surface area contributed by atoms with Crippen molar-refractivity contribution in [3.63, 3.8) is 0 Å². The molecule has 2 aromatic rings. The molecule has 21 heavy (non-hydrogen) atoms. The summed E-state index contributed by atoms with van der Waals surface area (Å²) in [5, 5.41) is 3.50. The largest absolute Gasteiger partial charge is 0.314 e. The van der Waals surface area contributed by atoms with E-state index in [1.54, 1.807) is 12.1 Å². The first-order valence-corrected chi connectivity index (χ1v) is 8.19. The van der Waals surface area contributed by atoms with Gasteiger partial charge in [-0.15, -0.1) is 0 Å². The molecule has 0 bridgehead atoms. The first-order chi connectivity index (χ1) is 10.2. The molecule has 0 heterocycles. The average Bonchev–Trinajstić information content (AvgIpc) is 2.50. The van der Waals surface area contributed by atoms with Crippen LogP contribution < -0.4 is 5.32 Å². The Bertz CT molecular complexity index is 556. The second kappa shape index (κ2) is 8.30. The molecule has 0 saturated heterocycles. The number of nitrogens with one attached hydrogen (secondary N) is 1. The van der Waals surface area contributed by atoms with Crippen LogP contribution in [-0.4, -0.2) is 12.6 Å². The average molecular weight is 350 g/mol.